The number of hydrogen-bond donors (Lipinski definition) is 5. The van der Waals surface area contributed by atoms with Crippen molar-refractivity contribution in [2.24, 2.45) is 0 Å². The Labute approximate surface area is 628 Å². The van der Waals surface area contributed by atoms with E-state index < -0.39 is 71.4 Å². The van der Waals surface area contributed by atoms with Crippen LogP contribution in [0.4, 0.5) is 0 Å². The fourth-order valence-corrected chi connectivity index (χ4v) is 18.5. The highest BCUT2D eigenvalue weighted by molar-refractivity contribution is 7.40. The predicted octanol–water partition coefficient (Wildman–Crippen LogP) is 27.8. The minimum absolute atomic E-state index is 0.291. The van der Waals surface area contributed by atoms with Crippen LogP contribution in [0, 0.1) is 34.6 Å². The zero-order chi connectivity index (χ0) is 77.2. The molecule has 102 heavy (non-hydrogen) atoms. The molecule has 5 aromatic carbocycles. The van der Waals surface area contributed by atoms with Gasteiger partial charge in [-0.05, 0) is 176 Å². The third-order valence-electron chi connectivity index (χ3n) is 22.9. The number of benzene rings is 5. The van der Waals surface area contributed by atoms with Crippen molar-refractivity contribution < 1.29 is 33.7 Å². The van der Waals surface area contributed by atoms with Gasteiger partial charge in [0.05, 0.1) is 0 Å². The van der Waals surface area contributed by atoms with Crippen LogP contribution in [-0.2, 0) is 54.1 Å². The van der Waals surface area contributed by atoms with Crippen LogP contribution in [0.3, 0.4) is 0 Å². The third-order valence-corrected chi connectivity index (χ3v) is 23.6. The minimum atomic E-state index is -2.80. The van der Waals surface area contributed by atoms with Crippen molar-refractivity contribution in [2.45, 2.75) is 409 Å². The molecule has 574 valence electrons. The molecular formula is C93H150O7P2. The molecule has 0 saturated carbocycles. The van der Waals surface area contributed by atoms with E-state index in [1.54, 1.807) is 0 Å². The Morgan fingerprint density at radius 1 is 0.284 bits per heavy atom. The van der Waals surface area contributed by atoms with Crippen molar-refractivity contribution in [3.63, 3.8) is 0 Å². The van der Waals surface area contributed by atoms with Gasteiger partial charge in [0.1, 0.15) is 17.2 Å². The molecule has 0 aliphatic rings. The van der Waals surface area contributed by atoms with Crippen molar-refractivity contribution in [2.75, 3.05) is 0 Å². The van der Waals surface area contributed by atoms with Crippen LogP contribution in [0.15, 0.2) is 60.7 Å². The number of hydrogen-bond acceptors (Lipinski definition) is 7. The van der Waals surface area contributed by atoms with Gasteiger partial charge in [0.2, 0.25) is 0 Å². The van der Waals surface area contributed by atoms with Gasteiger partial charge in [-0.2, -0.15) is 0 Å². The summed E-state index contributed by atoms with van der Waals surface area (Å²) in [6.45, 7) is 68.3. The zero-order valence-corrected chi connectivity index (χ0v) is 72.5. The third kappa shape index (κ3) is 21.3. The van der Waals surface area contributed by atoms with Crippen molar-refractivity contribution in [1.29, 1.82) is 0 Å². The number of aromatic hydroxyl groups is 1. The molecule has 0 amide bonds. The summed E-state index contributed by atoms with van der Waals surface area (Å²) in [7, 11) is -5.60. The minimum Gasteiger partial charge on any atom is -0.508 e. The van der Waals surface area contributed by atoms with E-state index in [0.717, 1.165) is 84.7 Å². The molecule has 5 rings (SSSR count). The first kappa shape index (κ1) is 88.8. The Balaban J connectivity index is 2.51. The van der Waals surface area contributed by atoms with E-state index in [9.17, 15) is 24.7 Å². The normalized spacial score (nSPS) is 14.9. The van der Waals surface area contributed by atoms with Gasteiger partial charge in [-0.1, -0.05) is 361 Å². The molecule has 0 heterocycles. The number of phenolic OH excluding ortho intramolecular Hbond substituents is 1. The quantitative estimate of drug-likeness (QED) is 0.0202. The molecule has 5 N–H and O–H groups in total. The fraction of sp³-hybridized carbons (Fsp3) is 0.677. The topological polar surface area (TPSA) is 120 Å². The van der Waals surface area contributed by atoms with Gasteiger partial charge < -0.3 is 33.7 Å². The van der Waals surface area contributed by atoms with Crippen LogP contribution in [0.2, 0.25) is 0 Å². The first-order valence-corrected chi connectivity index (χ1v) is 42.5. The van der Waals surface area contributed by atoms with E-state index >= 15 is 0 Å². The summed E-state index contributed by atoms with van der Waals surface area (Å²) in [6.07, 6.45) is 27.6. The Bertz CT molecular complexity index is 3430. The van der Waals surface area contributed by atoms with Crippen LogP contribution in [0.5, 0.6) is 17.2 Å². The lowest BCUT2D eigenvalue weighted by molar-refractivity contribution is 0.120. The van der Waals surface area contributed by atoms with E-state index in [0.29, 0.717) is 17.2 Å². The average molecular weight is 1440 g/mol. The lowest BCUT2D eigenvalue weighted by Crippen LogP contribution is -2.64. The summed E-state index contributed by atoms with van der Waals surface area (Å²) in [5.41, 5.74) is 13.1. The molecule has 7 nitrogen and oxygen atoms in total. The predicted molar refractivity (Wildman–Crippen MR) is 443 cm³/mol. The molecule has 9 heteroatoms. The van der Waals surface area contributed by atoms with Gasteiger partial charge in [0.15, 0.2) is 0 Å². The van der Waals surface area contributed by atoms with Crippen molar-refractivity contribution in [3.8, 4) is 17.2 Å². The van der Waals surface area contributed by atoms with Gasteiger partial charge in [-0.25, -0.2) is 0 Å². The van der Waals surface area contributed by atoms with Gasteiger partial charge in [0.25, 0.3) is 0 Å². The summed E-state index contributed by atoms with van der Waals surface area (Å²) in [5, 5.41) is 13.0. The van der Waals surface area contributed by atoms with Crippen molar-refractivity contribution in [1.82, 2.24) is 0 Å². The smallest absolute Gasteiger partial charge is 0.391 e. The first-order valence-electron chi connectivity index (χ1n) is 40.2. The molecule has 0 spiro atoms. The maximum absolute atomic E-state index is 13.0. The SMILES string of the molecule is CCCCCCCCCCCCCC(c1cc(C(C)(C)C)c(O)cc1C)(c1cc(C(C)(C)C)c(OP(O)O)cc1C)C(CCCCCCCCCCCCC)(c1c(C(C)(C)C)cc(C)cc1C(C)(C)C)C(C)(c1cc(C(C)(C)C)c(OP(O)O)cc1C)c1c(C(C)(C)C)cc(C)cc1C(C)(C)C. The summed E-state index contributed by atoms with van der Waals surface area (Å²) >= 11 is 0. The molecular weight excluding hydrogens is 1290 g/mol. The van der Waals surface area contributed by atoms with Crippen LogP contribution < -0.4 is 9.05 Å². The number of unbranched alkanes of at least 4 members (excludes halogenated alkanes) is 20. The summed E-state index contributed by atoms with van der Waals surface area (Å²) in [5.74, 6) is 1.24. The lowest BCUT2D eigenvalue weighted by atomic mass is 9.36. The Morgan fingerprint density at radius 3 is 0.863 bits per heavy atom. The molecule has 0 saturated heterocycles. The molecule has 3 atom stereocenters. The second-order valence-corrected chi connectivity index (χ2v) is 40.3. The Morgan fingerprint density at radius 2 is 0.549 bits per heavy atom. The van der Waals surface area contributed by atoms with Crippen molar-refractivity contribution >= 4 is 17.2 Å². The molecule has 5 aromatic rings. The van der Waals surface area contributed by atoms with Gasteiger partial charge in [-0.15, -0.1) is 0 Å². The fourth-order valence-electron chi connectivity index (χ4n) is 17.8. The summed E-state index contributed by atoms with van der Waals surface area (Å²) in [4.78, 5) is 44.5. The highest BCUT2D eigenvalue weighted by Crippen LogP contribution is 2.71. The number of aryl methyl sites for hydroxylation is 5. The second-order valence-electron chi connectivity index (χ2n) is 38.9. The zero-order valence-electron chi connectivity index (χ0n) is 70.7. The Hall–Kier alpha value is -3.80. The van der Waals surface area contributed by atoms with E-state index in [1.165, 1.54) is 164 Å². The molecule has 0 aliphatic carbocycles. The summed E-state index contributed by atoms with van der Waals surface area (Å²) in [6, 6.07) is 24.1. The van der Waals surface area contributed by atoms with Crippen molar-refractivity contribution in [3.05, 3.63) is 155 Å². The highest BCUT2D eigenvalue weighted by atomic mass is 31.2. The Kier molecular flexibility index (Phi) is 31.3. The lowest BCUT2D eigenvalue weighted by Gasteiger charge is -2.65. The van der Waals surface area contributed by atoms with E-state index in [1.807, 2.05) is 0 Å². The monoisotopic (exact) mass is 1440 g/mol. The molecule has 0 aliphatic heterocycles. The standard InChI is InChI=1S/C93H150O7P2/c1-30-32-34-36-38-40-42-44-46-48-50-52-92(70-62-72(84(8,9)10)79(94)58-66(70)5,71-63-74(86(14,15)16)81(60-68(71)7)100-102(97)98)93(53-51-49-47-45-43-41-39-37-35-33-31-2,83-77(89(23,24)25)56-65(4)57-78(83)90(26,27)28)91(29,69-61-73(85(11,12)13)80(59-67(69)6)99-101(95)96)82-75(87(17,18)19)54-64(3)55-76(82)88(20,21)22/h54-63,94-98H,30-53H2,1-29H3. The number of phenols is 1. The van der Waals surface area contributed by atoms with Gasteiger partial charge in [-0.3, -0.25) is 0 Å². The molecule has 0 fully saturated rings. The van der Waals surface area contributed by atoms with Gasteiger partial charge in [0, 0.05) is 27.4 Å². The summed E-state index contributed by atoms with van der Waals surface area (Å²) < 4.78 is 12.7. The van der Waals surface area contributed by atoms with E-state index in [-0.39, 0.29) is 0 Å². The molecule has 0 aromatic heterocycles. The number of rotatable bonds is 35. The largest absolute Gasteiger partial charge is 0.508 e. The van der Waals surface area contributed by atoms with Crippen LogP contribution >= 0.6 is 17.2 Å². The van der Waals surface area contributed by atoms with Crippen LogP contribution in [0.25, 0.3) is 0 Å². The maximum Gasteiger partial charge on any atom is 0.391 e. The molecule has 0 bridgehead atoms. The van der Waals surface area contributed by atoms with Gasteiger partial charge >= 0.3 is 17.2 Å². The van der Waals surface area contributed by atoms with Crippen LogP contribution in [0.1, 0.15) is 415 Å². The molecule has 0 radical (unpaired) electrons. The first-order chi connectivity index (χ1) is 47.0. The van der Waals surface area contributed by atoms with Crippen LogP contribution in [-0.4, -0.2) is 24.7 Å². The average Bonchev–Trinajstić information content (AvgIpc) is 0.656. The molecule has 3 unspecified atom stereocenters. The second kappa shape index (κ2) is 35.9. The van der Waals surface area contributed by atoms with E-state index in [4.69, 9.17) is 9.05 Å². The maximum atomic E-state index is 13.0. The highest BCUT2D eigenvalue weighted by Gasteiger charge is 2.68. The van der Waals surface area contributed by atoms with E-state index in [2.05, 4.69) is 261 Å².